The molecule has 204 valence electrons. The first-order valence-electron chi connectivity index (χ1n) is 12.1. The average molecular weight is 552 g/mol. The lowest BCUT2D eigenvalue weighted by Crippen LogP contribution is -2.43. The maximum atomic E-state index is 13.4. The van der Waals surface area contributed by atoms with Crippen molar-refractivity contribution in [2.24, 2.45) is 0 Å². The van der Waals surface area contributed by atoms with E-state index in [1.54, 1.807) is 58.2 Å². The largest absolute Gasteiger partial charge is 0.497 e. The van der Waals surface area contributed by atoms with Crippen LogP contribution in [0.15, 0.2) is 71.6 Å². The summed E-state index contributed by atoms with van der Waals surface area (Å²) in [5.41, 5.74) is 1.14. The zero-order chi connectivity index (χ0) is 28.4. The minimum absolute atomic E-state index is 0.0841. The second-order valence-corrected chi connectivity index (χ2v) is 11.7. The highest BCUT2D eigenvalue weighted by molar-refractivity contribution is 7.90. The Morgan fingerprint density at radius 2 is 1.64 bits per heavy atom. The topological polar surface area (TPSA) is 131 Å². The second-order valence-electron chi connectivity index (χ2n) is 9.89. The minimum atomic E-state index is -4.28. The van der Waals surface area contributed by atoms with Gasteiger partial charge in [-0.2, -0.15) is 0 Å². The van der Waals surface area contributed by atoms with Crippen molar-refractivity contribution in [1.29, 1.82) is 0 Å². The van der Waals surface area contributed by atoms with E-state index in [1.807, 2.05) is 6.07 Å². The Morgan fingerprint density at radius 1 is 0.949 bits per heavy atom. The number of benzene rings is 3. The molecule has 0 spiro atoms. The van der Waals surface area contributed by atoms with Crippen molar-refractivity contribution in [3.63, 3.8) is 0 Å². The summed E-state index contributed by atoms with van der Waals surface area (Å²) in [6, 6.07) is 16.6. The third-order valence-corrected chi connectivity index (χ3v) is 7.55. The number of methoxy groups -OCH3 is 1. The quantitative estimate of drug-likeness (QED) is 0.418. The maximum Gasteiger partial charge on any atom is 0.338 e. The molecule has 0 unspecified atom stereocenters. The van der Waals surface area contributed by atoms with Crippen molar-refractivity contribution >= 4 is 33.6 Å². The van der Waals surface area contributed by atoms with E-state index in [0.29, 0.717) is 21.2 Å². The fourth-order valence-electron chi connectivity index (χ4n) is 3.86. The molecule has 0 atom stereocenters. The number of carbonyl (C=O) groups excluding carboxylic acids is 3. The molecule has 1 aliphatic heterocycles. The molecule has 1 aliphatic rings. The van der Waals surface area contributed by atoms with Gasteiger partial charge in [-0.1, -0.05) is 24.3 Å². The molecule has 3 amide bonds. The van der Waals surface area contributed by atoms with Crippen molar-refractivity contribution in [3.05, 3.63) is 89.0 Å². The molecule has 0 radical (unpaired) electrons. The van der Waals surface area contributed by atoms with E-state index in [-0.39, 0.29) is 29.2 Å². The van der Waals surface area contributed by atoms with Crippen molar-refractivity contribution in [1.82, 2.24) is 9.62 Å². The van der Waals surface area contributed by atoms with Crippen LogP contribution >= 0.6 is 0 Å². The van der Waals surface area contributed by atoms with Gasteiger partial charge < -0.3 is 20.1 Å². The number of amides is 3. The van der Waals surface area contributed by atoms with E-state index < -0.39 is 33.5 Å². The number of anilines is 1. The van der Waals surface area contributed by atoms with Crippen LogP contribution in [0, 0.1) is 0 Å². The van der Waals surface area contributed by atoms with Crippen LogP contribution in [0.5, 0.6) is 5.75 Å². The van der Waals surface area contributed by atoms with Gasteiger partial charge in [-0.05, 0) is 74.4 Å². The molecule has 1 heterocycles. The summed E-state index contributed by atoms with van der Waals surface area (Å²) >= 11 is 0. The molecule has 0 aromatic heterocycles. The molecule has 0 aliphatic carbocycles. The molecule has 39 heavy (non-hydrogen) atoms. The predicted molar refractivity (Wildman–Crippen MR) is 144 cm³/mol. The van der Waals surface area contributed by atoms with E-state index in [9.17, 15) is 22.8 Å². The van der Waals surface area contributed by atoms with Crippen molar-refractivity contribution < 1.29 is 32.3 Å². The molecule has 3 aromatic carbocycles. The third kappa shape index (κ3) is 6.37. The van der Waals surface area contributed by atoms with Gasteiger partial charge in [-0.25, -0.2) is 22.3 Å². The summed E-state index contributed by atoms with van der Waals surface area (Å²) in [6.45, 7) is 5.21. The van der Waals surface area contributed by atoms with Gasteiger partial charge in [0.15, 0.2) is 0 Å². The van der Waals surface area contributed by atoms with E-state index in [2.05, 4.69) is 10.6 Å². The summed E-state index contributed by atoms with van der Waals surface area (Å²) in [4.78, 5) is 37.6. The lowest BCUT2D eigenvalue weighted by molar-refractivity contribution is 0.00693. The lowest BCUT2D eigenvalue weighted by Gasteiger charge is -2.29. The first kappa shape index (κ1) is 27.6. The van der Waals surface area contributed by atoms with Gasteiger partial charge in [0.2, 0.25) is 0 Å². The van der Waals surface area contributed by atoms with Gasteiger partial charge in [0.25, 0.3) is 15.9 Å². The number of fused-ring (bicyclic) bond motifs is 1. The van der Waals surface area contributed by atoms with Crippen LogP contribution in [0.25, 0.3) is 0 Å². The normalized spacial score (nSPS) is 14.2. The van der Waals surface area contributed by atoms with Crippen LogP contribution in [0.2, 0.25) is 0 Å². The fraction of sp³-hybridized carbons (Fsp3) is 0.250. The minimum Gasteiger partial charge on any atom is -0.497 e. The van der Waals surface area contributed by atoms with E-state index >= 15 is 0 Å². The number of nitrogens with one attached hydrogen (secondary N) is 2. The summed E-state index contributed by atoms with van der Waals surface area (Å²) in [7, 11) is -2.73. The summed E-state index contributed by atoms with van der Waals surface area (Å²) in [5.74, 6) is -0.336. The SMILES string of the molecule is COc1cccc(CNC(=O)c2ccc3c(c2)S(=O)(=O)N(Cc2ccc(C(=O)OC(C)(C)C)cc2)C(=O)N3)c1. The Morgan fingerprint density at radius 3 is 2.31 bits per heavy atom. The molecule has 2 N–H and O–H groups in total. The number of sulfonamides is 1. The molecule has 4 rings (SSSR count). The van der Waals surface area contributed by atoms with Crippen molar-refractivity contribution in [3.8, 4) is 5.75 Å². The number of nitrogens with zero attached hydrogens (tertiary/aromatic N) is 1. The van der Waals surface area contributed by atoms with Gasteiger partial charge >= 0.3 is 12.0 Å². The Bertz CT molecular complexity index is 1530. The Labute approximate surface area is 227 Å². The highest BCUT2D eigenvalue weighted by Gasteiger charge is 2.37. The Hall–Kier alpha value is -4.38. The molecule has 0 saturated heterocycles. The standard InChI is InChI=1S/C28H29N3O7S/c1-28(2,3)38-26(33)20-10-8-18(9-11-20)17-31-27(34)30-23-13-12-21(15-24(23)39(31,35)36)25(32)29-16-19-6-5-7-22(14-19)37-4/h5-15H,16-17H2,1-4H3,(H,29,32)(H,30,34). The van der Waals surface area contributed by atoms with Crippen LogP contribution in [-0.2, 0) is 27.8 Å². The molecule has 0 fully saturated rings. The van der Waals surface area contributed by atoms with E-state index in [1.165, 1.54) is 30.3 Å². The predicted octanol–water partition coefficient (Wildman–Crippen LogP) is 4.32. The van der Waals surface area contributed by atoms with Crippen molar-refractivity contribution in [2.45, 2.75) is 44.4 Å². The molecule has 10 nitrogen and oxygen atoms in total. The summed E-state index contributed by atoms with van der Waals surface area (Å²) < 4.78 is 38.1. The number of esters is 1. The van der Waals surface area contributed by atoms with Crippen LogP contribution in [0.4, 0.5) is 10.5 Å². The summed E-state index contributed by atoms with van der Waals surface area (Å²) in [6.07, 6.45) is 0. The van der Waals surface area contributed by atoms with E-state index in [0.717, 1.165) is 5.56 Å². The highest BCUT2D eigenvalue weighted by atomic mass is 32.2. The fourth-order valence-corrected chi connectivity index (χ4v) is 5.35. The number of hydrogen-bond donors (Lipinski definition) is 2. The second kappa shape index (κ2) is 10.8. The molecule has 0 saturated carbocycles. The number of ether oxygens (including phenoxy) is 2. The van der Waals surface area contributed by atoms with Crippen LogP contribution < -0.4 is 15.4 Å². The molecule has 0 bridgehead atoms. The first-order chi connectivity index (χ1) is 18.4. The summed E-state index contributed by atoms with van der Waals surface area (Å²) in [5, 5.41) is 5.33. The molecular weight excluding hydrogens is 522 g/mol. The van der Waals surface area contributed by atoms with Gasteiger partial charge in [-0.3, -0.25) is 4.79 Å². The van der Waals surface area contributed by atoms with Crippen LogP contribution in [0.3, 0.4) is 0 Å². The van der Waals surface area contributed by atoms with Crippen LogP contribution in [0.1, 0.15) is 52.6 Å². The Kier molecular flexibility index (Phi) is 7.64. The number of rotatable bonds is 7. The highest BCUT2D eigenvalue weighted by Crippen LogP contribution is 2.32. The number of urea groups is 1. The number of hydrogen-bond acceptors (Lipinski definition) is 7. The first-order valence-corrected chi connectivity index (χ1v) is 13.5. The Balaban J connectivity index is 1.50. The molecular formula is C28H29N3O7S. The zero-order valence-corrected chi connectivity index (χ0v) is 22.8. The molecule has 11 heteroatoms. The average Bonchev–Trinajstić information content (AvgIpc) is 2.89. The maximum absolute atomic E-state index is 13.4. The number of carbonyl (C=O) groups is 3. The van der Waals surface area contributed by atoms with Gasteiger partial charge in [0, 0.05) is 12.1 Å². The zero-order valence-electron chi connectivity index (χ0n) is 22.0. The van der Waals surface area contributed by atoms with Crippen LogP contribution in [-0.4, -0.2) is 43.3 Å². The van der Waals surface area contributed by atoms with Gasteiger partial charge in [0.1, 0.15) is 16.2 Å². The monoisotopic (exact) mass is 551 g/mol. The lowest BCUT2D eigenvalue weighted by atomic mass is 10.1. The van der Waals surface area contributed by atoms with Gasteiger partial charge in [0.05, 0.1) is 24.9 Å². The smallest absolute Gasteiger partial charge is 0.338 e. The molecule has 3 aromatic rings. The van der Waals surface area contributed by atoms with E-state index in [4.69, 9.17) is 9.47 Å². The van der Waals surface area contributed by atoms with Crippen molar-refractivity contribution in [2.75, 3.05) is 12.4 Å². The van der Waals surface area contributed by atoms with Gasteiger partial charge in [-0.15, -0.1) is 0 Å². The third-order valence-electron chi connectivity index (χ3n) is 5.78.